The van der Waals surface area contributed by atoms with Gasteiger partial charge >= 0.3 is 0 Å². The van der Waals surface area contributed by atoms with Crippen LogP contribution in [-0.4, -0.2) is 11.7 Å². The van der Waals surface area contributed by atoms with Gasteiger partial charge in [-0.25, -0.2) is 4.39 Å². The maximum absolute atomic E-state index is 14.7. The molecule has 0 aliphatic heterocycles. The van der Waals surface area contributed by atoms with Crippen molar-refractivity contribution in [2.24, 2.45) is 23.5 Å². The molecule has 88 valence electrons. The van der Waals surface area contributed by atoms with E-state index in [4.69, 9.17) is 5.73 Å². The monoisotopic (exact) mass is 213 g/mol. The van der Waals surface area contributed by atoms with Crippen LogP contribution < -0.4 is 5.73 Å². The maximum Gasteiger partial charge on any atom is 0.115 e. The number of alkyl halides is 1. The van der Waals surface area contributed by atoms with Crippen LogP contribution in [0, 0.1) is 17.8 Å². The Kier molecular flexibility index (Phi) is 3.07. The molecular weight excluding hydrogens is 189 g/mol. The minimum atomic E-state index is -0.923. The second-order valence-corrected chi connectivity index (χ2v) is 6.00. The van der Waals surface area contributed by atoms with Gasteiger partial charge in [0.1, 0.15) is 5.67 Å². The van der Waals surface area contributed by atoms with Crippen LogP contribution in [0.25, 0.3) is 0 Å². The summed E-state index contributed by atoms with van der Waals surface area (Å²) in [5.74, 6) is 1.75. The van der Waals surface area contributed by atoms with E-state index in [1.807, 2.05) is 0 Å². The van der Waals surface area contributed by atoms with Gasteiger partial charge < -0.3 is 5.73 Å². The molecule has 0 saturated heterocycles. The fraction of sp³-hybridized carbons (Fsp3) is 1.00. The molecule has 0 aromatic rings. The zero-order valence-corrected chi connectivity index (χ0v) is 10.0. The number of halogens is 1. The Morgan fingerprint density at radius 3 is 2.40 bits per heavy atom. The Labute approximate surface area is 92.6 Å². The molecule has 15 heavy (non-hydrogen) atoms. The molecule has 0 bridgehead atoms. The smallest absolute Gasteiger partial charge is 0.115 e. The lowest BCUT2D eigenvalue weighted by Gasteiger charge is -2.39. The standard InChI is InChI=1S/C13H24FN/c1-9-3-4-11(7-10(9)2)13(14)6-5-12(15)8-13/h9-12H,3-8,15H2,1-2H3. The lowest BCUT2D eigenvalue weighted by Crippen LogP contribution is -2.37. The van der Waals surface area contributed by atoms with E-state index in [2.05, 4.69) is 13.8 Å². The van der Waals surface area contributed by atoms with Gasteiger partial charge in [-0.15, -0.1) is 0 Å². The minimum Gasteiger partial charge on any atom is -0.328 e. The van der Waals surface area contributed by atoms with E-state index in [1.54, 1.807) is 0 Å². The van der Waals surface area contributed by atoms with E-state index in [0.29, 0.717) is 18.8 Å². The summed E-state index contributed by atoms with van der Waals surface area (Å²) in [6.45, 7) is 4.57. The van der Waals surface area contributed by atoms with Crippen LogP contribution in [0.1, 0.15) is 52.4 Å². The first-order chi connectivity index (χ1) is 7.01. The summed E-state index contributed by atoms with van der Waals surface area (Å²) < 4.78 is 14.7. The molecule has 0 aromatic heterocycles. The fourth-order valence-electron chi connectivity index (χ4n) is 3.45. The van der Waals surface area contributed by atoms with Crippen molar-refractivity contribution in [1.82, 2.24) is 0 Å². The first-order valence-corrected chi connectivity index (χ1v) is 6.46. The highest BCUT2D eigenvalue weighted by molar-refractivity contribution is 4.98. The van der Waals surface area contributed by atoms with Gasteiger partial charge in [0.25, 0.3) is 0 Å². The molecule has 0 spiro atoms. The molecule has 0 heterocycles. The average Bonchev–Trinajstić information content (AvgIpc) is 2.52. The molecule has 5 unspecified atom stereocenters. The highest BCUT2D eigenvalue weighted by Gasteiger charge is 2.46. The average molecular weight is 213 g/mol. The van der Waals surface area contributed by atoms with Gasteiger partial charge in [0.15, 0.2) is 0 Å². The van der Waals surface area contributed by atoms with Crippen LogP contribution >= 0.6 is 0 Å². The predicted molar refractivity (Wildman–Crippen MR) is 61.3 cm³/mol. The van der Waals surface area contributed by atoms with Crippen molar-refractivity contribution >= 4 is 0 Å². The van der Waals surface area contributed by atoms with Gasteiger partial charge in [0.05, 0.1) is 0 Å². The Hall–Kier alpha value is -0.110. The van der Waals surface area contributed by atoms with Gasteiger partial charge in [-0.3, -0.25) is 0 Å². The normalized spacial score (nSPS) is 52.0. The van der Waals surface area contributed by atoms with Crippen LogP contribution in [0.3, 0.4) is 0 Å². The molecule has 2 aliphatic carbocycles. The van der Waals surface area contributed by atoms with Crippen molar-refractivity contribution in [1.29, 1.82) is 0 Å². The van der Waals surface area contributed by atoms with Gasteiger partial charge in [-0.05, 0) is 49.9 Å². The van der Waals surface area contributed by atoms with Crippen LogP contribution in [0.15, 0.2) is 0 Å². The van der Waals surface area contributed by atoms with Gasteiger partial charge in [-0.2, -0.15) is 0 Å². The molecule has 0 amide bonds. The van der Waals surface area contributed by atoms with Crippen molar-refractivity contribution in [3.63, 3.8) is 0 Å². The molecular formula is C13H24FN. The summed E-state index contributed by atoms with van der Waals surface area (Å²) in [5, 5.41) is 0. The molecule has 0 aromatic carbocycles. The molecule has 5 atom stereocenters. The van der Waals surface area contributed by atoms with E-state index in [-0.39, 0.29) is 12.0 Å². The Morgan fingerprint density at radius 2 is 1.87 bits per heavy atom. The van der Waals surface area contributed by atoms with E-state index < -0.39 is 5.67 Å². The summed E-state index contributed by atoms with van der Waals surface area (Å²) in [5.41, 5.74) is 4.92. The highest BCUT2D eigenvalue weighted by Crippen LogP contribution is 2.47. The van der Waals surface area contributed by atoms with Crippen LogP contribution in [-0.2, 0) is 0 Å². The predicted octanol–water partition coefficient (Wildman–Crippen LogP) is 3.28. The molecule has 2 N–H and O–H groups in total. The van der Waals surface area contributed by atoms with Crippen molar-refractivity contribution in [2.75, 3.05) is 0 Å². The third-order valence-corrected chi connectivity index (χ3v) is 4.86. The van der Waals surface area contributed by atoms with Crippen molar-refractivity contribution < 1.29 is 4.39 Å². The molecule has 2 saturated carbocycles. The Balaban J connectivity index is 1.99. The van der Waals surface area contributed by atoms with Crippen molar-refractivity contribution in [3.05, 3.63) is 0 Å². The molecule has 0 radical (unpaired) electrons. The summed E-state index contributed by atoms with van der Waals surface area (Å²) in [6, 6.07) is 0.115. The van der Waals surface area contributed by atoms with Crippen molar-refractivity contribution in [2.45, 2.75) is 64.1 Å². The van der Waals surface area contributed by atoms with Gasteiger partial charge in [-0.1, -0.05) is 20.3 Å². The number of rotatable bonds is 1. The second-order valence-electron chi connectivity index (χ2n) is 6.00. The molecule has 1 nitrogen and oxygen atoms in total. The Morgan fingerprint density at radius 1 is 1.13 bits per heavy atom. The summed E-state index contributed by atoms with van der Waals surface area (Å²) >= 11 is 0. The second kappa shape index (κ2) is 4.04. The topological polar surface area (TPSA) is 26.0 Å². The third kappa shape index (κ3) is 2.20. The summed E-state index contributed by atoms with van der Waals surface area (Å²) in [7, 11) is 0. The number of hydrogen-bond donors (Lipinski definition) is 1. The fourth-order valence-corrected chi connectivity index (χ4v) is 3.45. The zero-order chi connectivity index (χ0) is 11.1. The molecule has 2 heteroatoms. The van der Waals surface area contributed by atoms with E-state index in [0.717, 1.165) is 25.2 Å². The molecule has 2 rings (SSSR count). The number of nitrogens with two attached hydrogens (primary N) is 1. The highest BCUT2D eigenvalue weighted by atomic mass is 19.1. The maximum atomic E-state index is 14.7. The summed E-state index contributed by atoms with van der Waals surface area (Å²) in [4.78, 5) is 0. The molecule has 2 fully saturated rings. The lowest BCUT2D eigenvalue weighted by atomic mass is 9.69. The van der Waals surface area contributed by atoms with Crippen LogP contribution in [0.5, 0.6) is 0 Å². The zero-order valence-electron chi connectivity index (χ0n) is 10.0. The van der Waals surface area contributed by atoms with E-state index >= 15 is 0 Å². The Bertz CT molecular complexity index is 231. The lowest BCUT2D eigenvalue weighted by molar-refractivity contribution is 0.0338. The van der Waals surface area contributed by atoms with Crippen LogP contribution in [0.2, 0.25) is 0 Å². The molecule has 2 aliphatic rings. The van der Waals surface area contributed by atoms with Crippen molar-refractivity contribution in [3.8, 4) is 0 Å². The first-order valence-electron chi connectivity index (χ1n) is 6.46. The quantitative estimate of drug-likeness (QED) is 0.710. The van der Waals surface area contributed by atoms with Gasteiger partial charge in [0.2, 0.25) is 0 Å². The largest absolute Gasteiger partial charge is 0.328 e. The van der Waals surface area contributed by atoms with E-state index in [9.17, 15) is 4.39 Å². The van der Waals surface area contributed by atoms with E-state index in [1.165, 1.54) is 6.42 Å². The van der Waals surface area contributed by atoms with Crippen LogP contribution in [0.4, 0.5) is 4.39 Å². The SMILES string of the molecule is CC1CCC(C2(F)CCC(N)C2)CC1C. The van der Waals surface area contributed by atoms with Gasteiger partial charge in [0, 0.05) is 6.04 Å². The first kappa shape index (κ1) is 11.4. The minimum absolute atomic E-state index is 0.115. The summed E-state index contributed by atoms with van der Waals surface area (Å²) in [6.07, 6.45) is 5.56. The third-order valence-electron chi connectivity index (χ3n) is 4.86. The number of hydrogen-bond acceptors (Lipinski definition) is 1.